The standard InChI is InChI=1S/C15H26N2O4/c1-11(2)10-21-15(20)16-5-6-17(14(19)8-16)13-4-3-12(7-13)9-18/h11-13,18H,3-10H2,1-2H3/t12-,13-/m1/s1. The van der Waals surface area contributed by atoms with Crippen molar-refractivity contribution in [2.45, 2.75) is 39.2 Å². The molecule has 0 bridgehead atoms. The van der Waals surface area contributed by atoms with E-state index >= 15 is 0 Å². The van der Waals surface area contributed by atoms with Gasteiger partial charge >= 0.3 is 6.09 Å². The quantitative estimate of drug-likeness (QED) is 0.843. The van der Waals surface area contributed by atoms with E-state index < -0.39 is 6.09 Å². The van der Waals surface area contributed by atoms with Crippen LogP contribution in [0.2, 0.25) is 0 Å². The second-order valence-corrected chi connectivity index (χ2v) is 6.49. The van der Waals surface area contributed by atoms with E-state index in [9.17, 15) is 14.7 Å². The third kappa shape index (κ3) is 4.09. The molecule has 0 spiro atoms. The number of carbonyl (C=O) groups excluding carboxylic acids is 2. The van der Waals surface area contributed by atoms with Gasteiger partial charge in [0.15, 0.2) is 0 Å². The van der Waals surface area contributed by atoms with Crippen molar-refractivity contribution in [2.75, 3.05) is 32.8 Å². The molecule has 2 amide bonds. The lowest BCUT2D eigenvalue weighted by atomic mass is 10.1. The Morgan fingerprint density at radius 3 is 2.71 bits per heavy atom. The predicted octanol–water partition coefficient (Wildman–Crippen LogP) is 1.08. The van der Waals surface area contributed by atoms with Gasteiger partial charge in [-0.05, 0) is 31.1 Å². The molecule has 1 N–H and O–H groups in total. The lowest BCUT2D eigenvalue weighted by Crippen LogP contribution is -2.55. The Morgan fingerprint density at radius 2 is 2.14 bits per heavy atom. The highest BCUT2D eigenvalue weighted by molar-refractivity contribution is 5.83. The minimum absolute atomic E-state index is 0.00802. The van der Waals surface area contributed by atoms with Crippen LogP contribution >= 0.6 is 0 Å². The van der Waals surface area contributed by atoms with E-state index in [1.165, 1.54) is 4.90 Å². The first-order valence-electron chi connectivity index (χ1n) is 7.83. The van der Waals surface area contributed by atoms with Crippen molar-refractivity contribution < 1.29 is 19.4 Å². The van der Waals surface area contributed by atoms with Gasteiger partial charge in [-0.15, -0.1) is 0 Å². The molecule has 0 aromatic carbocycles. The molecule has 0 aromatic rings. The topological polar surface area (TPSA) is 70.1 Å². The van der Waals surface area contributed by atoms with Crippen LogP contribution in [0.15, 0.2) is 0 Å². The van der Waals surface area contributed by atoms with E-state index in [1.54, 1.807) is 0 Å². The Kier molecular flexibility index (Phi) is 5.45. The van der Waals surface area contributed by atoms with Crippen LogP contribution in [0.3, 0.4) is 0 Å². The van der Waals surface area contributed by atoms with Gasteiger partial charge in [0.05, 0.1) is 6.61 Å². The van der Waals surface area contributed by atoms with Crippen LogP contribution in [0, 0.1) is 11.8 Å². The molecule has 6 heteroatoms. The zero-order chi connectivity index (χ0) is 15.4. The van der Waals surface area contributed by atoms with Crippen molar-refractivity contribution in [3.8, 4) is 0 Å². The molecule has 1 saturated heterocycles. The Bertz CT molecular complexity index is 386. The van der Waals surface area contributed by atoms with Crippen LogP contribution in [0.1, 0.15) is 33.1 Å². The molecule has 0 radical (unpaired) electrons. The number of aliphatic hydroxyl groups is 1. The first-order valence-corrected chi connectivity index (χ1v) is 7.83. The largest absolute Gasteiger partial charge is 0.449 e. The van der Waals surface area contributed by atoms with Gasteiger partial charge in [-0.25, -0.2) is 4.79 Å². The van der Waals surface area contributed by atoms with E-state index in [0.717, 1.165) is 19.3 Å². The van der Waals surface area contributed by atoms with E-state index in [0.29, 0.717) is 31.5 Å². The highest BCUT2D eigenvalue weighted by Crippen LogP contribution is 2.29. The van der Waals surface area contributed by atoms with Crippen LogP contribution in [0.4, 0.5) is 4.79 Å². The summed E-state index contributed by atoms with van der Waals surface area (Å²) < 4.78 is 5.17. The molecular formula is C15H26N2O4. The summed E-state index contributed by atoms with van der Waals surface area (Å²) >= 11 is 0. The monoisotopic (exact) mass is 298 g/mol. The molecule has 1 heterocycles. The molecule has 120 valence electrons. The predicted molar refractivity (Wildman–Crippen MR) is 77.7 cm³/mol. The normalized spacial score (nSPS) is 26.6. The second-order valence-electron chi connectivity index (χ2n) is 6.49. The number of hydrogen-bond acceptors (Lipinski definition) is 4. The van der Waals surface area contributed by atoms with Crippen LogP contribution in [-0.2, 0) is 9.53 Å². The third-order valence-corrected chi connectivity index (χ3v) is 4.27. The average Bonchev–Trinajstić information content (AvgIpc) is 2.93. The molecule has 2 rings (SSSR count). The molecule has 1 aliphatic heterocycles. The smallest absolute Gasteiger partial charge is 0.410 e. The Labute approximate surface area is 126 Å². The lowest BCUT2D eigenvalue weighted by Gasteiger charge is -2.37. The molecule has 21 heavy (non-hydrogen) atoms. The maximum absolute atomic E-state index is 12.2. The maximum atomic E-state index is 12.2. The van der Waals surface area contributed by atoms with Gasteiger partial charge in [-0.3, -0.25) is 9.69 Å². The van der Waals surface area contributed by atoms with Crippen LogP contribution < -0.4 is 0 Å². The molecule has 2 aliphatic rings. The first-order chi connectivity index (χ1) is 10.0. The number of aliphatic hydroxyl groups excluding tert-OH is 1. The minimum Gasteiger partial charge on any atom is -0.449 e. The average molecular weight is 298 g/mol. The number of rotatable bonds is 4. The van der Waals surface area contributed by atoms with Gasteiger partial charge < -0.3 is 14.7 Å². The summed E-state index contributed by atoms with van der Waals surface area (Å²) in [6.07, 6.45) is 2.41. The maximum Gasteiger partial charge on any atom is 0.410 e. The molecule has 1 aliphatic carbocycles. The summed E-state index contributed by atoms with van der Waals surface area (Å²) in [5.74, 6) is 0.600. The van der Waals surface area contributed by atoms with Gasteiger partial charge in [0.2, 0.25) is 5.91 Å². The van der Waals surface area contributed by atoms with Gasteiger partial charge in [0.25, 0.3) is 0 Å². The first kappa shape index (κ1) is 16.1. The lowest BCUT2D eigenvalue weighted by molar-refractivity contribution is -0.138. The molecule has 1 saturated carbocycles. The van der Waals surface area contributed by atoms with Crippen molar-refractivity contribution >= 4 is 12.0 Å². The zero-order valence-corrected chi connectivity index (χ0v) is 13.0. The van der Waals surface area contributed by atoms with E-state index in [-0.39, 0.29) is 25.1 Å². The highest BCUT2D eigenvalue weighted by atomic mass is 16.6. The summed E-state index contributed by atoms with van der Waals surface area (Å²) in [6, 6.07) is 0.225. The van der Waals surface area contributed by atoms with Crippen molar-refractivity contribution in [3.05, 3.63) is 0 Å². The summed E-state index contributed by atoms with van der Waals surface area (Å²) in [4.78, 5) is 27.5. The van der Waals surface area contributed by atoms with E-state index in [2.05, 4.69) is 0 Å². The Hall–Kier alpha value is -1.30. The summed E-state index contributed by atoms with van der Waals surface area (Å²) in [6.45, 7) is 5.75. The highest BCUT2D eigenvalue weighted by Gasteiger charge is 2.35. The summed E-state index contributed by atoms with van der Waals surface area (Å²) in [5.41, 5.74) is 0. The van der Waals surface area contributed by atoms with Gasteiger partial charge in [-0.2, -0.15) is 0 Å². The van der Waals surface area contributed by atoms with Gasteiger partial charge in [0.1, 0.15) is 6.54 Å². The number of ether oxygens (including phenoxy) is 1. The molecule has 2 atom stereocenters. The summed E-state index contributed by atoms with van der Waals surface area (Å²) in [7, 11) is 0. The van der Waals surface area contributed by atoms with Crippen molar-refractivity contribution in [1.82, 2.24) is 9.80 Å². The summed E-state index contributed by atoms with van der Waals surface area (Å²) in [5, 5.41) is 9.19. The number of nitrogens with zero attached hydrogens (tertiary/aromatic N) is 2. The number of hydrogen-bond donors (Lipinski definition) is 1. The third-order valence-electron chi connectivity index (χ3n) is 4.27. The number of amides is 2. The SMILES string of the molecule is CC(C)COC(=O)N1CCN([C@@H]2CC[C@@H](CO)C2)C(=O)C1. The van der Waals surface area contributed by atoms with Crippen LogP contribution in [-0.4, -0.2) is 65.8 Å². The second kappa shape index (κ2) is 7.11. The van der Waals surface area contributed by atoms with Crippen molar-refractivity contribution in [3.63, 3.8) is 0 Å². The van der Waals surface area contributed by atoms with Crippen molar-refractivity contribution in [2.24, 2.45) is 11.8 Å². The zero-order valence-electron chi connectivity index (χ0n) is 13.0. The number of carbonyl (C=O) groups is 2. The fourth-order valence-corrected chi connectivity index (χ4v) is 3.06. The Morgan fingerprint density at radius 1 is 1.38 bits per heavy atom. The Balaban J connectivity index is 1.82. The van der Waals surface area contributed by atoms with Crippen LogP contribution in [0.25, 0.3) is 0 Å². The van der Waals surface area contributed by atoms with E-state index in [1.807, 2.05) is 18.7 Å². The molecule has 2 fully saturated rings. The molecular weight excluding hydrogens is 272 g/mol. The minimum atomic E-state index is -0.392. The number of piperazine rings is 1. The fourth-order valence-electron chi connectivity index (χ4n) is 3.06. The van der Waals surface area contributed by atoms with Gasteiger partial charge in [-0.1, -0.05) is 13.8 Å². The van der Waals surface area contributed by atoms with Crippen molar-refractivity contribution in [1.29, 1.82) is 0 Å². The van der Waals surface area contributed by atoms with E-state index in [4.69, 9.17) is 4.74 Å². The fraction of sp³-hybridized carbons (Fsp3) is 0.867. The molecule has 0 aromatic heterocycles. The van der Waals surface area contributed by atoms with Crippen LogP contribution in [0.5, 0.6) is 0 Å². The van der Waals surface area contributed by atoms with Gasteiger partial charge in [0, 0.05) is 25.7 Å². The molecule has 0 unspecified atom stereocenters. The molecule has 6 nitrogen and oxygen atoms in total.